The Bertz CT molecular complexity index is 576. The second-order valence-electron chi connectivity index (χ2n) is 3.97. The van der Waals surface area contributed by atoms with E-state index in [0.717, 1.165) is 0 Å². The van der Waals surface area contributed by atoms with Crippen LogP contribution >= 0.6 is 0 Å². The van der Waals surface area contributed by atoms with Crippen molar-refractivity contribution in [1.29, 1.82) is 0 Å². The summed E-state index contributed by atoms with van der Waals surface area (Å²) in [5.41, 5.74) is 0.465. The highest BCUT2D eigenvalue weighted by molar-refractivity contribution is 5.56. The fraction of sp³-hybridized carbons (Fsp3) is 0.286. The molecule has 0 bridgehead atoms. The van der Waals surface area contributed by atoms with Gasteiger partial charge < -0.3 is 24.1 Å². The summed E-state index contributed by atoms with van der Waals surface area (Å²) in [5, 5.41) is 8.92. The van der Waals surface area contributed by atoms with Crippen molar-refractivity contribution in [2.45, 2.75) is 6.61 Å². The van der Waals surface area contributed by atoms with Crippen LogP contribution in [0.3, 0.4) is 0 Å². The van der Waals surface area contributed by atoms with Gasteiger partial charge in [-0.1, -0.05) is 0 Å². The minimum Gasteiger partial charge on any atom is -0.493 e. The lowest BCUT2D eigenvalue weighted by Gasteiger charge is -2.14. The SMILES string of the molecule is COc1cc(Oc2cnc(CO)cn2)cc(OC)c1OC. The summed E-state index contributed by atoms with van der Waals surface area (Å²) >= 11 is 0. The topological polar surface area (TPSA) is 82.9 Å². The number of rotatable bonds is 6. The fourth-order valence-electron chi connectivity index (χ4n) is 1.71. The number of hydrogen-bond acceptors (Lipinski definition) is 7. The molecular formula is C14H16N2O5. The molecule has 1 N–H and O–H groups in total. The molecule has 0 unspecified atom stereocenters. The molecule has 0 fully saturated rings. The first-order chi connectivity index (χ1) is 10.2. The summed E-state index contributed by atoms with van der Waals surface area (Å²) in [7, 11) is 4.58. The highest BCUT2D eigenvalue weighted by Crippen LogP contribution is 2.41. The van der Waals surface area contributed by atoms with E-state index in [2.05, 4.69) is 9.97 Å². The van der Waals surface area contributed by atoms with Gasteiger partial charge >= 0.3 is 0 Å². The van der Waals surface area contributed by atoms with E-state index < -0.39 is 0 Å². The third-order valence-electron chi connectivity index (χ3n) is 2.70. The van der Waals surface area contributed by atoms with Crippen LogP contribution in [-0.4, -0.2) is 36.4 Å². The predicted octanol–water partition coefficient (Wildman–Crippen LogP) is 1.79. The Kier molecular flexibility index (Phi) is 4.78. The summed E-state index contributed by atoms with van der Waals surface area (Å²) in [6, 6.07) is 3.31. The maximum atomic E-state index is 8.92. The molecule has 0 spiro atoms. The number of nitrogens with zero attached hydrogens (tertiary/aromatic N) is 2. The van der Waals surface area contributed by atoms with Crippen molar-refractivity contribution in [2.24, 2.45) is 0 Å². The Balaban J connectivity index is 2.30. The number of aliphatic hydroxyl groups is 1. The van der Waals surface area contributed by atoms with Crippen LogP contribution in [-0.2, 0) is 6.61 Å². The van der Waals surface area contributed by atoms with Crippen LogP contribution in [0.5, 0.6) is 28.9 Å². The number of benzene rings is 1. The second kappa shape index (κ2) is 6.76. The normalized spacial score (nSPS) is 10.1. The first kappa shape index (κ1) is 14.9. The van der Waals surface area contributed by atoms with Crippen LogP contribution in [0.4, 0.5) is 0 Å². The van der Waals surface area contributed by atoms with Gasteiger partial charge in [-0.05, 0) is 0 Å². The van der Waals surface area contributed by atoms with Gasteiger partial charge in [-0.25, -0.2) is 4.98 Å². The molecule has 0 saturated carbocycles. The molecular weight excluding hydrogens is 276 g/mol. The van der Waals surface area contributed by atoms with Gasteiger partial charge in [0.1, 0.15) is 5.75 Å². The summed E-state index contributed by atoms with van der Waals surface area (Å²) in [6.45, 7) is -0.169. The smallest absolute Gasteiger partial charge is 0.237 e. The molecule has 0 aliphatic heterocycles. The largest absolute Gasteiger partial charge is 0.493 e. The highest BCUT2D eigenvalue weighted by atomic mass is 16.5. The molecule has 1 aromatic carbocycles. The maximum absolute atomic E-state index is 8.92. The quantitative estimate of drug-likeness (QED) is 0.869. The standard InChI is InChI=1S/C14H16N2O5/c1-18-11-4-10(5-12(19-2)14(11)20-3)21-13-7-15-9(8-17)6-16-13/h4-7,17H,8H2,1-3H3. The summed E-state index contributed by atoms with van der Waals surface area (Å²) in [5.74, 6) is 2.20. The van der Waals surface area contributed by atoms with Crippen LogP contribution in [0.15, 0.2) is 24.5 Å². The van der Waals surface area contributed by atoms with E-state index in [9.17, 15) is 0 Å². The van der Waals surface area contributed by atoms with Crippen molar-refractivity contribution < 1.29 is 24.1 Å². The molecule has 21 heavy (non-hydrogen) atoms. The minimum atomic E-state index is -0.169. The minimum absolute atomic E-state index is 0.169. The van der Waals surface area contributed by atoms with Crippen LogP contribution in [0.2, 0.25) is 0 Å². The van der Waals surface area contributed by atoms with Gasteiger partial charge in [0, 0.05) is 12.1 Å². The molecule has 0 aliphatic carbocycles. The molecule has 112 valence electrons. The molecule has 0 amide bonds. The van der Waals surface area contributed by atoms with Crippen LogP contribution in [0.1, 0.15) is 5.69 Å². The lowest BCUT2D eigenvalue weighted by Crippen LogP contribution is -1.97. The monoisotopic (exact) mass is 292 g/mol. The van der Waals surface area contributed by atoms with Crippen molar-refractivity contribution in [1.82, 2.24) is 9.97 Å². The van der Waals surface area contributed by atoms with Crippen molar-refractivity contribution in [2.75, 3.05) is 21.3 Å². The molecule has 0 atom stereocenters. The Morgan fingerprint density at radius 3 is 2.05 bits per heavy atom. The lowest BCUT2D eigenvalue weighted by atomic mass is 10.2. The van der Waals surface area contributed by atoms with Crippen molar-refractivity contribution in [3.8, 4) is 28.9 Å². The van der Waals surface area contributed by atoms with Crippen molar-refractivity contribution in [3.63, 3.8) is 0 Å². The Morgan fingerprint density at radius 2 is 1.62 bits per heavy atom. The zero-order valence-corrected chi connectivity index (χ0v) is 12.0. The van der Waals surface area contributed by atoms with Gasteiger partial charge in [0.2, 0.25) is 11.6 Å². The molecule has 2 rings (SSSR count). The molecule has 1 heterocycles. The van der Waals surface area contributed by atoms with E-state index in [1.807, 2.05) is 0 Å². The van der Waals surface area contributed by atoms with E-state index in [-0.39, 0.29) is 6.61 Å². The van der Waals surface area contributed by atoms with E-state index >= 15 is 0 Å². The first-order valence-corrected chi connectivity index (χ1v) is 6.11. The number of hydrogen-bond donors (Lipinski definition) is 1. The van der Waals surface area contributed by atoms with E-state index in [1.165, 1.54) is 33.7 Å². The Labute approximate surface area is 122 Å². The number of aromatic nitrogens is 2. The summed E-state index contributed by atoms with van der Waals surface area (Å²) < 4.78 is 21.3. The van der Waals surface area contributed by atoms with Gasteiger partial charge in [-0.15, -0.1) is 0 Å². The van der Waals surface area contributed by atoms with E-state index in [1.54, 1.807) is 12.1 Å². The molecule has 0 radical (unpaired) electrons. The third kappa shape index (κ3) is 3.32. The molecule has 2 aromatic rings. The van der Waals surface area contributed by atoms with Crippen molar-refractivity contribution >= 4 is 0 Å². The Morgan fingerprint density at radius 1 is 0.952 bits per heavy atom. The average Bonchev–Trinajstić information content (AvgIpc) is 2.54. The van der Waals surface area contributed by atoms with Crippen molar-refractivity contribution in [3.05, 3.63) is 30.2 Å². The number of ether oxygens (including phenoxy) is 4. The second-order valence-corrected chi connectivity index (χ2v) is 3.97. The first-order valence-electron chi connectivity index (χ1n) is 6.11. The Hall–Kier alpha value is -2.54. The molecule has 0 saturated heterocycles. The number of methoxy groups -OCH3 is 3. The van der Waals surface area contributed by atoms with Crippen LogP contribution in [0.25, 0.3) is 0 Å². The molecule has 1 aromatic heterocycles. The maximum Gasteiger partial charge on any atom is 0.237 e. The van der Waals surface area contributed by atoms with E-state index in [4.69, 9.17) is 24.1 Å². The third-order valence-corrected chi connectivity index (χ3v) is 2.70. The van der Waals surface area contributed by atoms with Gasteiger partial charge in [-0.3, -0.25) is 4.98 Å². The molecule has 7 heteroatoms. The lowest BCUT2D eigenvalue weighted by molar-refractivity contribution is 0.275. The average molecular weight is 292 g/mol. The van der Waals surface area contributed by atoms with E-state index in [0.29, 0.717) is 34.6 Å². The zero-order valence-electron chi connectivity index (χ0n) is 12.0. The van der Waals surface area contributed by atoms with Gasteiger partial charge in [0.15, 0.2) is 11.5 Å². The van der Waals surface area contributed by atoms with Crippen LogP contribution in [0, 0.1) is 0 Å². The molecule has 0 aliphatic rings. The van der Waals surface area contributed by atoms with Crippen LogP contribution < -0.4 is 18.9 Å². The van der Waals surface area contributed by atoms with Gasteiger partial charge in [0.25, 0.3) is 0 Å². The highest BCUT2D eigenvalue weighted by Gasteiger charge is 2.14. The van der Waals surface area contributed by atoms with Gasteiger partial charge in [-0.2, -0.15) is 0 Å². The predicted molar refractivity (Wildman–Crippen MR) is 74.1 cm³/mol. The summed E-state index contributed by atoms with van der Waals surface area (Å²) in [4.78, 5) is 8.03. The zero-order chi connectivity index (χ0) is 15.2. The summed E-state index contributed by atoms with van der Waals surface area (Å²) in [6.07, 6.45) is 2.86. The number of aliphatic hydroxyl groups excluding tert-OH is 1. The fourth-order valence-corrected chi connectivity index (χ4v) is 1.71. The molecule has 7 nitrogen and oxygen atoms in total. The van der Waals surface area contributed by atoms with Gasteiger partial charge in [0.05, 0.1) is 46.0 Å².